The Morgan fingerprint density at radius 1 is 0.880 bits per heavy atom. The van der Waals surface area contributed by atoms with Gasteiger partial charge in [0, 0.05) is 11.4 Å². The SMILES string of the molecule is Cc1cccc(NC(=O)C(C)(C)C(=O)Nc2ccc(C(C)C)cc2)c1. The van der Waals surface area contributed by atoms with Crippen molar-refractivity contribution >= 4 is 23.2 Å². The van der Waals surface area contributed by atoms with Crippen LogP contribution in [0.5, 0.6) is 0 Å². The number of carbonyl (C=O) groups excluding carboxylic acids is 2. The van der Waals surface area contributed by atoms with Crippen LogP contribution in [0.15, 0.2) is 48.5 Å². The van der Waals surface area contributed by atoms with Crippen LogP contribution in [0.4, 0.5) is 11.4 Å². The monoisotopic (exact) mass is 338 g/mol. The van der Waals surface area contributed by atoms with Gasteiger partial charge >= 0.3 is 0 Å². The molecule has 0 saturated heterocycles. The lowest BCUT2D eigenvalue weighted by atomic mass is 9.90. The highest BCUT2D eigenvalue weighted by atomic mass is 16.2. The molecule has 0 saturated carbocycles. The number of hydrogen-bond acceptors (Lipinski definition) is 2. The van der Waals surface area contributed by atoms with Crippen molar-refractivity contribution in [1.82, 2.24) is 0 Å². The predicted molar refractivity (Wildman–Crippen MR) is 103 cm³/mol. The second-order valence-corrected chi connectivity index (χ2v) is 7.18. The molecule has 4 nitrogen and oxygen atoms in total. The Balaban J connectivity index is 2.06. The van der Waals surface area contributed by atoms with Gasteiger partial charge in [-0.15, -0.1) is 0 Å². The van der Waals surface area contributed by atoms with E-state index in [0.717, 1.165) is 5.56 Å². The van der Waals surface area contributed by atoms with Gasteiger partial charge in [0.25, 0.3) is 0 Å². The third-order valence-corrected chi connectivity index (χ3v) is 4.25. The number of aryl methyl sites for hydroxylation is 1. The molecule has 0 spiro atoms. The van der Waals surface area contributed by atoms with Crippen LogP contribution in [0.3, 0.4) is 0 Å². The van der Waals surface area contributed by atoms with Crippen molar-refractivity contribution in [3.05, 3.63) is 59.7 Å². The lowest BCUT2D eigenvalue weighted by molar-refractivity contribution is -0.135. The van der Waals surface area contributed by atoms with Gasteiger partial charge in [0.05, 0.1) is 0 Å². The van der Waals surface area contributed by atoms with Crippen LogP contribution in [-0.4, -0.2) is 11.8 Å². The molecule has 25 heavy (non-hydrogen) atoms. The van der Waals surface area contributed by atoms with Crippen molar-refractivity contribution in [1.29, 1.82) is 0 Å². The highest BCUT2D eigenvalue weighted by molar-refractivity contribution is 6.14. The molecule has 2 rings (SSSR count). The molecule has 2 amide bonds. The highest BCUT2D eigenvalue weighted by Crippen LogP contribution is 2.23. The number of nitrogens with one attached hydrogen (secondary N) is 2. The van der Waals surface area contributed by atoms with Crippen LogP contribution < -0.4 is 10.6 Å². The molecule has 0 bridgehead atoms. The summed E-state index contributed by atoms with van der Waals surface area (Å²) in [7, 11) is 0. The molecular formula is C21H26N2O2. The average molecular weight is 338 g/mol. The first-order chi connectivity index (χ1) is 11.7. The van der Waals surface area contributed by atoms with E-state index in [4.69, 9.17) is 0 Å². The molecule has 0 radical (unpaired) electrons. The van der Waals surface area contributed by atoms with E-state index in [1.807, 2.05) is 55.5 Å². The summed E-state index contributed by atoms with van der Waals surface area (Å²) in [5.41, 5.74) is 2.43. The zero-order valence-electron chi connectivity index (χ0n) is 15.5. The molecule has 2 N–H and O–H groups in total. The predicted octanol–water partition coefficient (Wildman–Crippen LogP) is 4.72. The molecule has 4 heteroatoms. The average Bonchev–Trinajstić information content (AvgIpc) is 2.55. The van der Waals surface area contributed by atoms with Gasteiger partial charge in [0.1, 0.15) is 5.41 Å². The molecule has 0 aliphatic heterocycles. The summed E-state index contributed by atoms with van der Waals surface area (Å²) in [6, 6.07) is 15.2. The summed E-state index contributed by atoms with van der Waals surface area (Å²) in [5, 5.41) is 5.64. The van der Waals surface area contributed by atoms with Crippen LogP contribution in [0.1, 0.15) is 44.7 Å². The lowest BCUT2D eigenvalue weighted by Crippen LogP contribution is -2.41. The number of anilines is 2. The maximum atomic E-state index is 12.6. The fraction of sp³-hybridized carbons (Fsp3) is 0.333. The van der Waals surface area contributed by atoms with Gasteiger partial charge in [-0.25, -0.2) is 0 Å². The van der Waals surface area contributed by atoms with E-state index in [-0.39, 0.29) is 11.8 Å². The Labute approximate surface area is 149 Å². The van der Waals surface area contributed by atoms with Gasteiger partial charge in [0.2, 0.25) is 11.8 Å². The van der Waals surface area contributed by atoms with Crippen LogP contribution >= 0.6 is 0 Å². The topological polar surface area (TPSA) is 58.2 Å². The Morgan fingerprint density at radius 2 is 1.44 bits per heavy atom. The molecule has 0 fully saturated rings. The molecule has 0 aromatic heterocycles. The van der Waals surface area contributed by atoms with Gasteiger partial charge in [0.15, 0.2) is 0 Å². The van der Waals surface area contributed by atoms with E-state index in [1.165, 1.54) is 5.56 Å². The largest absolute Gasteiger partial charge is 0.325 e. The molecule has 0 aliphatic rings. The maximum Gasteiger partial charge on any atom is 0.239 e. The van der Waals surface area contributed by atoms with Crippen LogP contribution in [0, 0.1) is 12.3 Å². The molecule has 0 aliphatic carbocycles. The van der Waals surface area contributed by atoms with Crippen molar-refractivity contribution in [2.45, 2.75) is 40.5 Å². The van der Waals surface area contributed by atoms with Crippen molar-refractivity contribution in [3.63, 3.8) is 0 Å². The van der Waals surface area contributed by atoms with E-state index in [0.29, 0.717) is 17.3 Å². The molecule has 132 valence electrons. The zero-order chi connectivity index (χ0) is 18.6. The van der Waals surface area contributed by atoms with Gasteiger partial charge in [-0.05, 0) is 62.1 Å². The Kier molecular flexibility index (Phi) is 5.62. The van der Waals surface area contributed by atoms with E-state index in [1.54, 1.807) is 13.8 Å². The molecule has 0 atom stereocenters. The minimum Gasteiger partial charge on any atom is -0.325 e. The maximum absolute atomic E-state index is 12.6. The summed E-state index contributed by atoms with van der Waals surface area (Å²) in [4.78, 5) is 25.1. The second-order valence-electron chi connectivity index (χ2n) is 7.18. The minimum atomic E-state index is -1.19. The number of benzene rings is 2. The van der Waals surface area contributed by atoms with Crippen molar-refractivity contribution in [2.75, 3.05) is 10.6 Å². The van der Waals surface area contributed by atoms with E-state index in [9.17, 15) is 9.59 Å². The van der Waals surface area contributed by atoms with Crippen LogP contribution in [0.2, 0.25) is 0 Å². The molecule has 2 aromatic rings. The zero-order valence-corrected chi connectivity index (χ0v) is 15.5. The van der Waals surface area contributed by atoms with Crippen molar-refractivity contribution < 1.29 is 9.59 Å². The molecular weight excluding hydrogens is 312 g/mol. The first-order valence-corrected chi connectivity index (χ1v) is 8.49. The first-order valence-electron chi connectivity index (χ1n) is 8.49. The highest BCUT2D eigenvalue weighted by Gasteiger charge is 2.36. The number of rotatable bonds is 5. The van der Waals surface area contributed by atoms with Crippen molar-refractivity contribution in [2.24, 2.45) is 5.41 Å². The number of amides is 2. The molecule has 2 aromatic carbocycles. The van der Waals surface area contributed by atoms with Gasteiger partial charge in [-0.1, -0.05) is 38.1 Å². The van der Waals surface area contributed by atoms with Crippen LogP contribution in [-0.2, 0) is 9.59 Å². The quantitative estimate of drug-likeness (QED) is 0.775. The summed E-state index contributed by atoms with van der Waals surface area (Å²) in [5.74, 6) is -0.245. The fourth-order valence-electron chi connectivity index (χ4n) is 2.35. The van der Waals surface area contributed by atoms with E-state index in [2.05, 4.69) is 24.5 Å². The lowest BCUT2D eigenvalue weighted by Gasteiger charge is -2.23. The molecule has 0 heterocycles. The summed E-state index contributed by atoms with van der Waals surface area (Å²) in [6.07, 6.45) is 0. The third-order valence-electron chi connectivity index (χ3n) is 4.25. The van der Waals surface area contributed by atoms with Crippen LogP contribution in [0.25, 0.3) is 0 Å². The van der Waals surface area contributed by atoms with Gasteiger partial charge in [-0.2, -0.15) is 0 Å². The normalized spacial score (nSPS) is 11.3. The van der Waals surface area contributed by atoms with E-state index >= 15 is 0 Å². The Hall–Kier alpha value is -2.62. The van der Waals surface area contributed by atoms with Crippen molar-refractivity contribution in [3.8, 4) is 0 Å². The summed E-state index contributed by atoms with van der Waals surface area (Å²) in [6.45, 7) is 9.43. The number of carbonyl (C=O) groups is 2. The van der Waals surface area contributed by atoms with Gasteiger partial charge in [-0.3, -0.25) is 9.59 Å². The second kappa shape index (κ2) is 7.51. The summed E-state index contributed by atoms with van der Waals surface area (Å²) < 4.78 is 0. The minimum absolute atomic E-state index is 0.338. The fourth-order valence-corrected chi connectivity index (χ4v) is 2.35. The smallest absolute Gasteiger partial charge is 0.239 e. The van der Waals surface area contributed by atoms with E-state index < -0.39 is 5.41 Å². The summed E-state index contributed by atoms with van der Waals surface area (Å²) >= 11 is 0. The Morgan fingerprint density at radius 3 is 1.96 bits per heavy atom. The van der Waals surface area contributed by atoms with Gasteiger partial charge < -0.3 is 10.6 Å². The molecule has 0 unspecified atom stereocenters. The third kappa shape index (κ3) is 4.69. The first kappa shape index (κ1) is 18.7. The standard InChI is InChI=1S/C21H26N2O2/c1-14(2)16-9-11-17(12-10-16)22-19(24)21(4,5)20(25)23-18-8-6-7-15(3)13-18/h6-14H,1-5H3,(H,22,24)(H,23,25). The Bertz CT molecular complexity index is 762. The number of hydrogen-bond donors (Lipinski definition) is 2.